The summed E-state index contributed by atoms with van der Waals surface area (Å²) in [7, 11) is 0. The molecule has 2 aromatic heterocycles. The van der Waals surface area contributed by atoms with Gasteiger partial charge in [0.1, 0.15) is 11.5 Å². The van der Waals surface area contributed by atoms with Crippen molar-refractivity contribution in [3.8, 4) is 5.75 Å². The topological polar surface area (TPSA) is 71.7 Å². The van der Waals surface area contributed by atoms with Crippen LogP contribution in [0.1, 0.15) is 29.5 Å². The highest BCUT2D eigenvalue weighted by Crippen LogP contribution is 2.31. The van der Waals surface area contributed by atoms with Crippen molar-refractivity contribution in [1.82, 2.24) is 15.6 Å². The van der Waals surface area contributed by atoms with Crippen molar-refractivity contribution in [2.24, 2.45) is 4.99 Å². The Morgan fingerprint density at radius 3 is 2.86 bits per heavy atom. The van der Waals surface area contributed by atoms with Gasteiger partial charge in [-0.1, -0.05) is 24.3 Å². The number of aromatic nitrogens is 1. The third kappa shape index (κ3) is 5.38. The van der Waals surface area contributed by atoms with Crippen molar-refractivity contribution in [3.63, 3.8) is 0 Å². The van der Waals surface area contributed by atoms with Gasteiger partial charge in [0.15, 0.2) is 5.96 Å². The molecule has 1 atom stereocenters. The van der Waals surface area contributed by atoms with Crippen molar-refractivity contribution in [2.45, 2.75) is 25.3 Å². The molecule has 6 nitrogen and oxygen atoms in total. The molecule has 29 heavy (non-hydrogen) atoms. The Bertz CT molecular complexity index is 910. The highest BCUT2D eigenvalue weighted by Gasteiger charge is 2.21. The maximum absolute atomic E-state index is 5.78. The molecule has 0 aliphatic carbocycles. The average Bonchev–Trinajstić information content (AvgIpc) is 3.28. The summed E-state index contributed by atoms with van der Waals surface area (Å²) in [5, 5.41) is 7.04. The summed E-state index contributed by atoms with van der Waals surface area (Å²) in [4.78, 5) is 9.16. The first-order chi connectivity index (χ1) is 14.4. The third-order valence-electron chi connectivity index (χ3n) is 4.88. The molecule has 0 saturated heterocycles. The number of guanidine groups is 1. The zero-order chi connectivity index (χ0) is 19.7. The van der Waals surface area contributed by atoms with Gasteiger partial charge in [0, 0.05) is 49.8 Å². The van der Waals surface area contributed by atoms with Crippen LogP contribution in [-0.2, 0) is 12.8 Å². The van der Waals surface area contributed by atoms with Gasteiger partial charge in [-0.2, -0.15) is 0 Å². The molecule has 1 aromatic carbocycles. The standard InChI is InChI=1S/C23H26N4O2/c1-2-9-22-20(8-1)21(12-17-29-22)27-23(26-15-11-19-7-5-16-28-19)25-14-10-18-6-3-4-13-24-18/h1-9,13,16,21H,10-12,14-15,17H2,(H2,25,26,27). The van der Waals surface area contributed by atoms with E-state index < -0.39 is 0 Å². The first-order valence-electron chi connectivity index (χ1n) is 10.1. The van der Waals surface area contributed by atoms with Crippen molar-refractivity contribution in [2.75, 3.05) is 19.7 Å². The van der Waals surface area contributed by atoms with Gasteiger partial charge < -0.3 is 19.8 Å². The zero-order valence-electron chi connectivity index (χ0n) is 16.4. The van der Waals surface area contributed by atoms with Gasteiger partial charge in [-0.15, -0.1) is 0 Å². The van der Waals surface area contributed by atoms with Crippen LogP contribution in [0.5, 0.6) is 5.75 Å². The number of rotatable bonds is 7. The molecular weight excluding hydrogens is 364 g/mol. The van der Waals surface area contributed by atoms with E-state index in [0.717, 1.165) is 49.0 Å². The highest BCUT2D eigenvalue weighted by atomic mass is 16.5. The minimum atomic E-state index is 0.171. The van der Waals surface area contributed by atoms with Crippen LogP contribution in [0, 0.1) is 0 Å². The number of fused-ring (bicyclic) bond motifs is 1. The van der Waals surface area contributed by atoms with Gasteiger partial charge in [-0.25, -0.2) is 0 Å². The highest BCUT2D eigenvalue weighted by molar-refractivity contribution is 5.80. The number of hydrogen-bond donors (Lipinski definition) is 2. The fraction of sp³-hybridized carbons (Fsp3) is 0.304. The van der Waals surface area contributed by atoms with Gasteiger partial charge in [0.2, 0.25) is 0 Å². The summed E-state index contributed by atoms with van der Waals surface area (Å²) in [6.45, 7) is 2.11. The molecule has 150 valence electrons. The summed E-state index contributed by atoms with van der Waals surface area (Å²) in [6.07, 6.45) is 6.03. The first-order valence-corrected chi connectivity index (χ1v) is 10.1. The molecule has 4 rings (SSSR count). The summed E-state index contributed by atoms with van der Waals surface area (Å²) in [5.41, 5.74) is 2.23. The smallest absolute Gasteiger partial charge is 0.191 e. The minimum Gasteiger partial charge on any atom is -0.493 e. The number of nitrogens with zero attached hydrogens (tertiary/aromatic N) is 2. The van der Waals surface area contributed by atoms with E-state index in [0.29, 0.717) is 13.2 Å². The molecule has 0 bridgehead atoms. The summed E-state index contributed by atoms with van der Waals surface area (Å²) in [5.74, 6) is 2.69. The Balaban J connectivity index is 1.41. The molecule has 1 aliphatic rings. The van der Waals surface area contributed by atoms with Crippen LogP contribution < -0.4 is 15.4 Å². The maximum atomic E-state index is 5.78. The predicted octanol–water partition coefficient (Wildman–Crippen LogP) is 3.52. The molecule has 0 amide bonds. The molecule has 1 unspecified atom stereocenters. The number of ether oxygens (including phenoxy) is 1. The quantitative estimate of drug-likeness (QED) is 0.477. The summed E-state index contributed by atoms with van der Waals surface area (Å²) >= 11 is 0. The Morgan fingerprint density at radius 2 is 2.00 bits per heavy atom. The third-order valence-corrected chi connectivity index (χ3v) is 4.88. The predicted molar refractivity (Wildman–Crippen MR) is 113 cm³/mol. The number of aliphatic imine (C=N–C) groups is 1. The second kappa shape index (κ2) is 9.78. The molecule has 3 aromatic rings. The average molecular weight is 390 g/mol. The second-order valence-electron chi connectivity index (χ2n) is 6.93. The van der Waals surface area contributed by atoms with E-state index in [4.69, 9.17) is 14.1 Å². The van der Waals surface area contributed by atoms with Crippen LogP contribution in [0.15, 0.2) is 76.5 Å². The molecule has 0 spiro atoms. The van der Waals surface area contributed by atoms with E-state index >= 15 is 0 Å². The minimum absolute atomic E-state index is 0.171. The van der Waals surface area contributed by atoms with E-state index in [1.54, 1.807) is 6.26 Å². The van der Waals surface area contributed by atoms with E-state index in [9.17, 15) is 0 Å². The molecule has 0 saturated carbocycles. The number of pyridine rings is 1. The Labute approximate surface area is 171 Å². The number of furan rings is 1. The number of hydrogen-bond acceptors (Lipinski definition) is 4. The van der Waals surface area contributed by atoms with Gasteiger partial charge in [0.25, 0.3) is 0 Å². The molecule has 1 aliphatic heterocycles. The fourth-order valence-corrected chi connectivity index (χ4v) is 3.40. The van der Waals surface area contributed by atoms with Crippen LogP contribution in [0.2, 0.25) is 0 Å². The van der Waals surface area contributed by atoms with Crippen LogP contribution in [0.4, 0.5) is 0 Å². The van der Waals surface area contributed by atoms with E-state index in [2.05, 4.69) is 21.7 Å². The lowest BCUT2D eigenvalue weighted by Gasteiger charge is -2.28. The summed E-state index contributed by atoms with van der Waals surface area (Å²) in [6, 6.07) is 18.2. The molecule has 3 heterocycles. The van der Waals surface area contributed by atoms with Crippen molar-refractivity contribution in [3.05, 3.63) is 84.1 Å². The molecule has 0 radical (unpaired) electrons. The molecule has 6 heteroatoms. The van der Waals surface area contributed by atoms with Crippen molar-refractivity contribution < 1.29 is 9.15 Å². The molecule has 0 fully saturated rings. The maximum Gasteiger partial charge on any atom is 0.191 e. The lowest BCUT2D eigenvalue weighted by Crippen LogP contribution is -2.42. The normalized spacial score (nSPS) is 16.0. The van der Waals surface area contributed by atoms with Gasteiger partial charge >= 0.3 is 0 Å². The largest absolute Gasteiger partial charge is 0.493 e. The van der Waals surface area contributed by atoms with Crippen molar-refractivity contribution >= 4 is 5.96 Å². The van der Waals surface area contributed by atoms with Crippen LogP contribution in [0.3, 0.4) is 0 Å². The fourth-order valence-electron chi connectivity index (χ4n) is 3.40. The van der Waals surface area contributed by atoms with E-state index in [1.807, 2.05) is 54.7 Å². The lowest BCUT2D eigenvalue weighted by atomic mass is 10.0. The molecule has 2 N–H and O–H groups in total. The van der Waals surface area contributed by atoms with Crippen LogP contribution in [-0.4, -0.2) is 30.6 Å². The Kier molecular flexibility index (Phi) is 6.42. The Morgan fingerprint density at radius 1 is 1.07 bits per heavy atom. The van der Waals surface area contributed by atoms with Gasteiger partial charge in [-0.05, 0) is 30.3 Å². The Hall–Kier alpha value is -3.28. The van der Waals surface area contributed by atoms with Crippen LogP contribution in [0.25, 0.3) is 0 Å². The number of para-hydroxylation sites is 1. The van der Waals surface area contributed by atoms with Crippen molar-refractivity contribution in [1.29, 1.82) is 0 Å². The molecular formula is C23H26N4O2. The zero-order valence-corrected chi connectivity index (χ0v) is 16.4. The second-order valence-corrected chi connectivity index (χ2v) is 6.93. The number of nitrogens with one attached hydrogen (secondary N) is 2. The van der Waals surface area contributed by atoms with Gasteiger partial charge in [0.05, 0.1) is 18.9 Å². The number of benzene rings is 1. The van der Waals surface area contributed by atoms with Gasteiger partial charge in [-0.3, -0.25) is 9.98 Å². The van der Waals surface area contributed by atoms with E-state index in [1.165, 1.54) is 5.56 Å². The first kappa shape index (κ1) is 19.1. The van der Waals surface area contributed by atoms with E-state index in [-0.39, 0.29) is 6.04 Å². The van der Waals surface area contributed by atoms with Crippen LogP contribution >= 0.6 is 0 Å². The monoisotopic (exact) mass is 390 g/mol. The SMILES string of the molecule is c1ccc(CCNC(=NCCc2ccco2)NC2CCOc3ccccc32)nc1. The summed E-state index contributed by atoms with van der Waals surface area (Å²) < 4.78 is 11.2. The lowest BCUT2D eigenvalue weighted by molar-refractivity contribution is 0.261.